The number of allylic oxidation sites excluding steroid dienone is 4. The number of methoxy groups -OCH3 is 1. The zero-order valence-electron chi connectivity index (χ0n) is 33.3. The van der Waals surface area contributed by atoms with E-state index in [1.165, 1.54) is 24.3 Å². The lowest BCUT2D eigenvalue weighted by molar-refractivity contribution is -0.438. The number of anilines is 1. The van der Waals surface area contributed by atoms with E-state index in [1.807, 2.05) is 42.4 Å². The van der Waals surface area contributed by atoms with Crippen LogP contribution in [0.3, 0.4) is 0 Å². The fraction of sp³-hybridized carbons (Fsp3) is 0.538. The minimum Gasteiger partial charge on any atom is -0.744 e. The van der Waals surface area contributed by atoms with E-state index in [1.54, 1.807) is 25.3 Å². The van der Waals surface area contributed by atoms with Crippen molar-refractivity contribution in [3.63, 3.8) is 0 Å². The molecule has 19 heteroatoms. The Bertz CT molecular complexity index is 2240. The Morgan fingerprint density at radius 2 is 1.50 bits per heavy atom. The van der Waals surface area contributed by atoms with Gasteiger partial charge in [-0.15, -0.1) is 0 Å². The number of carboxylic acid groups (broad SMARTS) is 1. The summed E-state index contributed by atoms with van der Waals surface area (Å²) >= 11 is 0. The Kier molecular flexibility index (Phi) is 16.0. The first-order valence-electron chi connectivity index (χ1n) is 19.0. The molecule has 0 fully saturated rings. The van der Waals surface area contributed by atoms with Crippen LogP contribution in [0.15, 0.2) is 70.1 Å². The summed E-state index contributed by atoms with van der Waals surface area (Å²) in [6, 6.07) is 8.53. The first kappa shape index (κ1) is 47.2. The molecular formula is C39H54N2O14S3. The molecular weight excluding hydrogens is 817 g/mol. The Morgan fingerprint density at radius 1 is 0.845 bits per heavy atom. The van der Waals surface area contributed by atoms with Gasteiger partial charge in [0, 0.05) is 67.6 Å². The van der Waals surface area contributed by atoms with Gasteiger partial charge in [0.15, 0.2) is 5.71 Å². The number of carbonyl (C=O) groups is 1. The smallest absolute Gasteiger partial charge is 0.303 e. The van der Waals surface area contributed by atoms with E-state index in [0.717, 1.165) is 11.4 Å². The summed E-state index contributed by atoms with van der Waals surface area (Å²) in [6.07, 6.45) is 7.66. The number of hydrogen-bond acceptors (Lipinski definition) is 12. The normalized spacial score (nSPS) is 20.4. The quantitative estimate of drug-likeness (QED) is 0.0729. The van der Waals surface area contributed by atoms with Crippen LogP contribution in [0.2, 0.25) is 0 Å². The van der Waals surface area contributed by atoms with Crippen LogP contribution in [-0.2, 0) is 60.2 Å². The maximum Gasteiger partial charge on any atom is 0.303 e. The van der Waals surface area contributed by atoms with E-state index in [0.29, 0.717) is 87.7 Å². The molecule has 2 aliphatic rings. The van der Waals surface area contributed by atoms with Gasteiger partial charge in [0.2, 0.25) is 5.69 Å². The predicted molar refractivity (Wildman–Crippen MR) is 215 cm³/mol. The number of rotatable bonds is 24. The zero-order valence-corrected chi connectivity index (χ0v) is 35.7. The van der Waals surface area contributed by atoms with Gasteiger partial charge < -0.3 is 28.8 Å². The summed E-state index contributed by atoms with van der Waals surface area (Å²) in [4.78, 5) is 12.5. The number of unbranched alkanes of at least 4 members (excludes halogenated alkanes) is 2. The van der Waals surface area contributed by atoms with Crippen molar-refractivity contribution in [3.05, 3.63) is 71.5 Å². The van der Waals surface area contributed by atoms with E-state index in [-0.39, 0.29) is 35.7 Å². The average Bonchev–Trinajstić information content (AvgIpc) is 3.51. The standard InChI is InChI=1S/C39H54N2O14S3/c1-5-40-33-16-14-29(57(47,48)49)27-31(33)39(3,19-21-54-24-25-55-23-22-53-4)35(40)11-9-12-36-38(2,18-10-26-56(44,45)46)32-28-30(58(50,51)52)15-17-34(32)41(36)20-8-6-7-13-37(42)43/h9,11-12,14-17,27-28H,5-8,10,13,18-26H2,1-4H3,(H3-,42,43,44,45,46,47,48,49,50,51,52). The Hall–Kier alpha value is -3.53. The van der Waals surface area contributed by atoms with Crippen molar-refractivity contribution >= 4 is 53.4 Å². The Labute approximate surface area is 341 Å². The predicted octanol–water partition coefficient (Wildman–Crippen LogP) is 4.81. The van der Waals surface area contributed by atoms with Crippen molar-refractivity contribution in [1.29, 1.82) is 0 Å². The van der Waals surface area contributed by atoms with Crippen LogP contribution >= 0.6 is 0 Å². The molecule has 2 atom stereocenters. The van der Waals surface area contributed by atoms with E-state index >= 15 is 0 Å². The second-order valence-electron chi connectivity index (χ2n) is 14.7. The van der Waals surface area contributed by atoms with Gasteiger partial charge in [-0.3, -0.25) is 13.9 Å². The molecule has 16 nitrogen and oxygen atoms in total. The van der Waals surface area contributed by atoms with Gasteiger partial charge in [0.05, 0.1) is 47.4 Å². The van der Waals surface area contributed by atoms with Gasteiger partial charge in [-0.05, 0) is 94.8 Å². The second-order valence-corrected chi connectivity index (χ2v) is 19.1. The monoisotopic (exact) mass is 870 g/mol. The highest BCUT2D eigenvalue weighted by Gasteiger charge is 2.48. The number of hydrogen-bond donors (Lipinski definition) is 3. The molecule has 3 N–H and O–H groups in total. The first-order valence-corrected chi connectivity index (χ1v) is 23.5. The summed E-state index contributed by atoms with van der Waals surface area (Å²) < 4.78 is 123. The molecule has 0 spiro atoms. The number of benzene rings is 2. The van der Waals surface area contributed by atoms with Crippen LogP contribution in [0.25, 0.3) is 0 Å². The molecule has 2 unspecified atom stereocenters. The maximum absolute atomic E-state index is 12.3. The lowest BCUT2D eigenvalue weighted by Crippen LogP contribution is -2.32. The molecule has 0 saturated carbocycles. The van der Waals surface area contributed by atoms with Crippen molar-refractivity contribution in [2.24, 2.45) is 0 Å². The topological polar surface area (TPSA) is 237 Å². The number of fused-ring (bicyclic) bond motifs is 2. The highest BCUT2D eigenvalue weighted by molar-refractivity contribution is 7.86. The molecule has 2 aromatic rings. The number of carboxylic acids is 1. The van der Waals surface area contributed by atoms with E-state index in [2.05, 4.69) is 0 Å². The van der Waals surface area contributed by atoms with Crippen LogP contribution in [0.1, 0.15) is 76.8 Å². The van der Waals surface area contributed by atoms with Crippen LogP contribution < -0.4 is 4.90 Å². The molecule has 0 amide bonds. The first-order chi connectivity index (χ1) is 27.2. The fourth-order valence-corrected chi connectivity index (χ4v) is 9.30. The SMILES string of the molecule is CCN1/C(=C/C=C/C2=[N+](CCCCCC(=O)O)c3ccc(S(=O)(=O)O)cc3C2(C)CCCS(=O)(=O)O)C(C)(CCOCCOCCOC)c2cc(S(=O)(=O)[O-])ccc21. The molecule has 322 valence electrons. The van der Waals surface area contributed by atoms with Crippen molar-refractivity contribution in [2.75, 3.05) is 63.9 Å². The molecule has 58 heavy (non-hydrogen) atoms. The summed E-state index contributed by atoms with van der Waals surface area (Å²) in [5, 5.41) is 9.15. The molecule has 4 rings (SSSR count). The summed E-state index contributed by atoms with van der Waals surface area (Å²) in [5.41, 5.74) is 2.05. The third kappa shape index (κ3) is 11.6. The highest BCUT2D eigenvalue weighted by Crippen LogP contribution is 2.51. The van der Waals surface area contributed by atoms with Crippen molar-refractivity contribution in [2.45, 2.75) is 86.3 Å². The number of aliphatic carboxylic acids is 1. The van der Waals surface area contributed by atoms with Gasteiger partial charge in [-0.2, -0.15) is 21.4 Å². The van der Waals surface area contributed by atoms with Crippen molar-refractivity contribution in [1.82, 2.24) is 0 Å². The van der Waals surface area contributed by atoms with Gasteiger partial charge in [-0.1, -0.05) is 6.08 Å². The van der Waals surface area contributed by atoms with Crippen molar-refractivity contribution in [3.8, 4) is 0 Å². The van der Waals surface area contributed by atoms with Crippen molar-refractivity contribution < 1.29 is 67.6 Å². The zero-order chi connectivity index (χ0) is 42.9. The van der Waals surface area contributed by atoms with E-state index < -0.39 is 52.9 Å². The molecule has 2 heterocycles. The van der Waals surface area contributed by atoms with Gasteiger partial charge in [0.1, 0.15) is 16.7 Å². The van der Waals surface area contributed by atoms with Crippen LogP contribution in [0.5, 0.6) is 0 Å². The molecule has 0 aromatic heterocycles. The molecule has 0 aliphatic carbocycles. The van der Waals surface area contributed by atoms with Crippen LogP contribution in [0.4, 0.5) is 11.4 Å². The average molecular weight is 871 g/mol. The lowest BCUT2D eigenvalue weighted by atomic mass is 9.75. The molecule has 0 bridgehead atoms. The van der Waals surface area contributed by atoms with Gasteiger partial charge in [-0.25, -0.2) is 8.42 Å². The van der Waals surface area contributed by atoms with Gasteiger partial charge in [0.25, 0.3) is 20.2 Å². The maximum atomic E-state index is 12.3. The highest BCUT2D eigenvalue weighted by atomic mass is 32.2. The second kappa shape index (κ2) is 19.7. The van der Waals surface area contributed by atoms with Gasteiger partial charge >= 0.3 is 5.97 Å². The largest absolute Gasteiger partial charge is 0.744 e. The summed E-state index contributed by atoms with van der Waals surface area (Å²) in [6.45, 7) is 8.35. The van der Waals surface area contributed by atoms with E-state index in [4.69, 9.17) is 19.3 Å². The lowest BCUT2D eigenvalue weighted by Gasteiger charge is -2.30. The Balaban J connectivity index is 1.82. The molecule has 0 radical (unpaired) electrons. The summed E-state index contributed by atoms with van der Waals surface area (Å²) in [7, 11) is -12.2. The summed E-state index contributed by atoms with van der Waals surface area (Å²) in [5.74, 6) is -1.46. The van der Waals surface area contributed by atoms with E-state index in [9.17, 15) is 43.7 Å². The van der Waals surface area contributed by atoms with Crippen LogP contribution in [0, 0.1) is 0 Å². The molecule has 2 aliphatic heterocycles. The third-order valence-electron chi connectivity index (χ3n) is 10.7. The molecule has 2 aromatic carbocycles. The third-order valence-corrected chi connectivity index (χ3v) is 13.2. The van der Waals surface area contributed by atoms with Crippen LogP contribution in [-0.4, -0.2) is 119 Å². The molecule has 0 saturated heterocycles. The Morgan fingerprint density at radius 3 is 2.12 bits per heavy atom. The number of likely N-dealkylation sites (N-methyl/N-ethyl adjacent to an activating group) is 1. The minimum atomic E-state index is -4.78. The number of ether oxygens (including phenoxy) is 3. The number of nitrogens with zero attached hydrogens (tertiary/aromatic N) is 2. The minimum absolute atomic E-state index is 0.00374. The fourth-order valence-electron chi connectivity index (χ4n) is 7.79.